The summed E-state index contributed by atoms with van der Waals surface area (Å²) in [5, 5.41) is 106. The van der Waals surface area contributed by atoms with E-state index in [0.29, 0.717) is 6.54 Å². The van der Waals surface area contributed by atoms with E-state index >= 15 is 0 Å². The quantitative estimate of drug-likeness (QED) is 0.0156. The van der Waals surface area contributed by atoms with E-state index in [1.807, 2.05) is 180 Å². The van der Waals surface area contributed by atoms with Crippen LogP contribution in [0.15, 0.2) is 80.2 Å². The van der Waals surface area contributed by atoms with Crippen LogP contribution in [0.5, 0.6) is 0 Å². The van der Waals surface area contributed by atoms with Gasteiger partial charge in [0.25, 0.3) is 0 Å². The van der Waals surface area contributed by atoms with Crippen molar-refractivity contribution in [3.05, 3.63) is 25.3 Å². The van der Waals surface area contributed by atoms with Crippen LogP contribution in [0.2, 0.25) is 75.5 Å². The van der Waals surface area contributed by atoms with Gasteiger partial charge in [-0.3, -0.25) is 54.9 Å². The molecule has 0 spiro atoms. The third kappa shape index (κ3) is 84.2. The number of nitrogens with zero attached hydrogens (tertiary/aromatic N) is 11. The van der Waals surface area contributed by atoms with Crippen LogP contribution in [0.3, 0.4) is 0 Å². The Labute approximate surface area is 916 Å². The molecule has 0 bridgehead atoms. The van der Waals surface area contributed by atoms with Crippen LogP contribution in [0, 0.1) is 35.5 Å². The third-order valence-corrected chi connectivity index (χ3v) is 42.1. The fourth-order valence-corrected chi connectivity index (χ4v) is 19.9. The minimum Gasteiger partial charge on any atom is -0.388 e. The molecule has 0 amide bonds. The van der Waals surface area contributed by atoms with E-state index in [1.165, 1.54) is 24.6 Å². The van der Waals surface area contributed by atoms with E-state index in [4.69, 9.17) is 5.11 Å². The van der Waals surface area contributed by atoms with E-state index in [1.54, 1.807) is 105 Å². The first-order chi connectivity index (χ1) is 54.1. The van der Waals surface area contributed by atoms with Gasteiger partial charge in [-0.05, 0) is 144 Å². The zero-order chi connectivity index (χ0) is 97.2. The number of aliphatic imine (C=N–C) groups is 11. The SMILES string of the molecule is C=CC(C)(O)C=NC.C=CC(C)(O)C=NCC.CCC(O)(C=NC)C(C)C.CCN=CC(C)(O)[Si](C)(C)C.CCN=CC(C)(O)[Si](CC)(CC)CC.CCN=CC(O)(C(C)C)C(C)C.CCN=CC(O)(CC)C(C)C.CCN=CC(O)(CC)CC.CC[Si](CC)(CC)C(C)(O)C=NC.CN=CC(C)(O)[Si](C)(C)C.CN=CC(O)(C(C)C)C(C)C.[Ni].[Ni].[Ni].[Ni].[Ni].[Ni].[Ni].[Ni].[Ni].[Ni].[Ni]. The first-order valence-corrected chi connectivity index (χ1v) is 56.8. The average molecular weight is 2410 g/mol. The van der Waals surface area contributed by atoms with Crippen molar-refractivity contribution < 1.29 is 238 Å². The van der Waals surface area contributed by atoms with Gasteiger partial charge in [0.15, 0.2) is 0 Å². The fourth-order valence-electron chi connectivity index (χ4n) is 10.8. The van der Waals surface area contributed by atoms with Gasteiger partial charge >= 0.3 is 0 Å². The summed E-state index contributed by atoms with van der Waals surface area (Å²) < 4.78 is 0. The van der Waals surface area contributed by atoms with Crippen LogP contribution in [0.25, 0.3) is 0 Å². The van der Waals surface area contributed by atoms with E-state index < -0.39 is 92.4 Å². The van der Waals surface area contributed by atoms with Gasteiger partial charge in [-0.1, -0.05) is 253 Å². The molecule has 0 aliphatic heterocycles. The maximum Gasteiger partial charge on any atom is 0.114 e. The number of rotatable bonds is 39. The van der Waals surface area contributed by atoms with Crippen molar-refractivity contribution in [3.63, 3.8) is 0 Å². The van der Waals surface area contributed by atoms with Crippen LogP contribution in [0.1, 0.15) is 261 Å². The molecule has 130 heavy (non-hydrogen) atoms. The van der Waals surface area contributed by atoms with E-state index in [2.05, 4.69) is 149 Å². The Hall–Kier alpha value is 1.71. The van der Waals surface area contributed by atoms with Gasteiger partial charge in [-0.2, -0.15) is 0 Å². The van der Waals surface area contributed by atoms with Crippen molar-refractivity contribution in [3.8, 4) is 0 Å². The Morgan fingerprint density at radius 3 is 0.631 bits per heavy atom. The molecule has 37 heteroatoms. The number of hydrogen-bond donors (Lipinski definition) is 11. The van der Waals surface area contributed by atoms with Gasteiger partial charge in [0.05, 0.1) is 58.8 Å². The molecule has 820 valence electrons. The first-order valence-electron chi connectivity index (χ1n) is 44.5. The predicted molar refractivity (Wildman–Crippen MR) is 546 cm³/mol. The molecule has 0 aromatic carbocycles. The van der Waals surface area contributed by atoms with Crippen molar-refractivity contribution in [2.45, 2.75) is 397 Å². The fraction of sp³-hybridized carbons (Fsp3) is 0.839. The molecule has 0 aliphatic rings. The number of aliphatic hydroxyl groups is 11. The summed E-state index contributed by atoms with van der Waals surface area (Å²) in [5.41, 5.74) is -5.41. The second-order valence-electron chi connectivity index (χ2n) is 35.5. The van der Waals surface area contributed by atoms with Crippen LogP contribution in [-0.4, -0.2) is 291 Å². The molecular weight excluding hydrogens is 2210 g/mol. The van der Waals surface area contributed by atoms with Crippen molar-refractivity contribution in [2.75, 3.05) is 74.5 Å². The Morgan fingerprint density at radius 2 is 0.446 bits per heavy atom. The Bertz CT molecular complexity index is 2780. The predicted octanol–water partition coefficient (Wildman–Crippen LogP) is 18.8. The zero-order valence-corrected chi connectivity index (χ0v) is 104. The standard InChI is InChI=1S/C11H25NOSi.C10H23NOSi.C10H21NO.2C9H19NO.C8H19NOSi.2C8H17NO.C7H17NOSi.C7H13NO.C6H11NO.11Ni/c1-6-12-10-11(5,13)14(7-2,8-3)9-4;1-6-13(7-2,8-3)10(4,12)9-11-5;1-6-11-7-10(12,8(2)3)9(4)5;1-7(2)9(11,6-10-5)8(3)4;1-5-9(11,8(3)4)7-10-6-2;1-6-9-7-8(2,10)11(3,4)5;1-5-8(10,6-9-4)7(2)3;1-4-8(10,5-2)7-9-6-3;1-7(9,6-8-2)10(3,4)5;1-4-7(3,9)6-8-5-2;1-4-6(2,8)5-7-3;;;;;;;;;;;/h10,13H,6-9H2,1-5H3;9,12H,6-8H2,1-5H3;7-9,12H,6H2,1-5H3;6-8,11H,1-5H3;7-8,11H,5-6H2,1-4H3;7,10H,6H2,1-5H3;6-7,10H,5H2,1-4H3;7,10H,4-6H2,1-3H3;6,9H,1-5H3;4,6,9H,1,5H2,2-3H3;4-5,8H,1H2,2-3H3;;;;;;;;;;;. The average Bonchev–Trinajstić information content (AvgIpc) is 0.805. The largest absolute Gasteiger partial charge is 0.388 e. The van der Waals surface area contributed by atoms with E-state index in [-0.39, 0.29) is 217 Å². The Kier molecular flexibility index (Phi) is 141. The molecule has 0 radical (unpaired) electrons. The second-order valence-corrected chi connectivity index (χ2v) is 58.0. The maximum absolute atomic E-state index is 10.5. The molecular formula is C93H201N11Ni11O11Si4. The summed E-state index contributed by atoms with van der Waals surface area (Å²) in [6.07, 6.45) is 23.9. The van der Waals surface area contributed by atoms with Gasteiger partial charge in [-0.15, -0.1) is 0 Å². The molecule has 22 nitrogen and oxygen atoms in total. The number of hydrogen-bond acceptors (Lipinski definition) is 22. The summed E-state index contributed by atoms with van der Waals surface area (Å²) in [7, 11) is 2.25. The molecule has 0 heterocycles. The zero-order valence-electron chi connectivity index (χ0n) is 89.5. The normalized spacial score (nSPS) is 15.4. The smallest absolute Gasteiger partial charge is 0.114 e. The monoisotopic (exact) mass is 2400 g/mol. The molecule has 11 N–H and O–H groups in total. The first kappa shape index (κ1) is 187. The molecule has 8 atom stereocenters. The maximum atomic E-state index is 10.5. The van der Waals surface area contributed by atoms with Gasteiger partial charge in [0.2, 0.25) is 0 Å². The Balaban J connectivity index is -0.0000000491. The van der Waals surface area contributed by atoms with Crippen LogP contribution in [-0.2, 0) is 181 Å². The molecule has 0 saturated heterocycles. The summed E-state index contributed by atoms with van der Waals surface area (Å²) in [4.78, 5) is 43.5. The molecule has 0 fully saturated rings. The summed E-state index contributed by atoms with van der Waals surface area (Å²) >= 11 is 0. The Morgan fingerprint density at radius 1 is 0.246 bits per heavy atom. The molecule has 0 aromatic rings. The van der Waals surface area contributed by atoms with Crippen molar-refractivity contribution in [2.24, 2.45) is 90.4 Å². The summed E-state index contributed by atoms with van der Waals surface area (Å²) in [5.74, 6) is 1.34. The van der Waals surface area contributed by atoms with E-state index in [0.717, 1.165) is 94.7 Å². The van der Waals surface area contributed by atoms with Crippen molar-refractivity contribution in [1.82, 2.24) is 0 Å². The van der Waals surface area contributed by atoms with Crippen LogP contribution < -0.4 is 0 Å². The minimum absolute atomic E-state index is 0. The van der Waals surface area contributed by atoms with Gasteiger partial charge in [-0.25, -0.2) is 0 Å². The molecule has 0 aromatic heterocycles. The summed E-state index contributed by atoms with van der Waals surface area (Å²) in [6, 6.07) is 6.76. The molecule has 8 unspecified atom stereocenters. The van der Waals surface area contributed by atoms with Gasteiger partial charge in [0, 0.05) is 324 Å². The van der Waals surface area contributed by atoms with Crippen LogP contribution >= 0.6 is 0 Å². The minimum atomic E-state index is -1.58. The van der Waals surface area contributed by atoms with Crippen molar-refractivity contribution >= 4 is 101 Å². The van der Waals surface area contributed by atoms with Crippen LogP contribution in [0.4, 0.5) is 0 Å². The van der Waals surface area contributed by atoms with E-state index in [9.17, 15) is 51.1 Å². The second kappa shape index (κ2) is 98.1. The van der Waals surface area contributed by atoms with Crippen molar-refractivity contribution in [1.29, 1.82) is 0 Å². The molecule has 0 aliphatic carbocycles. The third-order valence-electron chi connectivity index (χ3n) is 23.0. The molecule has 0 saturated carbocycles. The molecule has 0 rings (SSSR count). The van der Waals surface area contributed by atoms with Gasteiger partial charge in [0.1, 0.15) is 33.6 Å². The summed E-state index contributed by atoms with van der Waals surface area (Å²) in [6.45, 7) is 91.7. The van der Waals surface area contributed by atoms with Gasteiger partial charge < -0.3 is 56.2 Å². The topological polar surface area (TPSA) is 358 Å².